The molecule has 0 saturated carbocycles. The van der Waals surface area contributed by atoms with E-state index < -0.39 is 5.82 Å². The predicted octanol–water partition coefficient (Wildman–Crippen LogP) is 4.79. The lowest BCUT2D eigenvalue weighted by Crippen LogP contribution is -2.50. The Morgan fingerprint density at radius 2 is 1.56 bits per heavy atom. The maximum absolute atomic E-state index is 13.8. The van der Waals surface area contributed by atoms with Gasteiger partial charge in [-0.1, -0.05) is 48.5 Å². The Kier molecular flexibility index (Phi) is 5.37. The van der Waals surface area contributed by atoms with Crippen LogP contribution in [0.15, 0.2) is 78.9 Å². The fraction of sp³-hybridized carbons (Fsp3) is 0.160. The number of aromatic nitrogens is 2. The molecule has 0 unspecified atom stereocenters. The average molecular weight is 427 g/mol. The molecule has 2 amide bonds. The number of hydrogen-bond donors (Lipinski definition) is 1. The number of halogens is 1. The van der Waals surface area contributed by atoms with Crippen LogP contribution in [0.25, 0.3) is 22.0 Å². The molecule has 1 aromatic heterocycles. The summed E-state index contributed by atoms with van der Waals surface area (Å²) in [5.41, 5.74) is 2.04. The Labute approximate surface area is 185 Å². The average Bonchev–Trinajstić information content (AvgIpc) is 2.85. The fourth-order valence-electron chi connectivity index (χ4n) is 3.89. The van der Waals surface area contributed by atoms with Gasteiger partial charge in [0.15, 0.2) is 5.82 Å². The third-order valence-electron chi connectivity index (χ3n) is 5.70. The summed E-state index contributed by atoms with van der Waals surface area (Å²) in [5, 5.41) is 13.8. The van der Waals surface area contributed by atoms with Gasteiger partial charge < -0.3 is 15.1 Å². The molecule has 7 heteroatoms. The van der Waals surface area contributed by atoms with Gasteiger partial charge in [0, 0.05) is 31.7 Å². The molecule has 4 aromatic rings. The second kappa shape index (κ2) is 8.63. The molecule has 0 atom stereocenters. The van der Waals surface area contributed by atoms with Gasteiger partial charge >= 0.3 is 6.03 Å². The summed E-state index contributed by atoms with van der Waals surface area (Å²) in [5.74, 6) is 0.338. The van der Waals surface area contributed by atoms with Crippen LogP contribution in [0.3, 0.4) is 0 Å². The van der Waals surface area contributed by atoms with E-state index in [2.05, 4.69) is 50.7 Å². The second-order valence-corrected chi connectivity index (χ2v) is 7.72. The molecule has 160 valence electrons. The topological polar surface area (TPSA) is 61.4 Å². The molecular weight excluding hydrogens is 405 g/mol. The van der Waals surface area contributed by atoms with Crippen LogP contribution in [0.4, 0.5) is 20.7 Å². The van der Waals surface area contributed by atoms with E-state index in [0.29, 0.717) is 26.2 Å². The Balaban J connectivity index is 1.22. The van der Waals surface area contributed by atoms with E-state index in [1.54, 1.807) is 23.1 Å². The lowest BCUT2D eigenvalue weighted by atomic mass is 10.1. The molecule has 1 aliphatic heterocycles. The fourth-order valence-corrected chi connectivity index (χ4v) is 3.89. The van der Waals surface area contributed by atoms with Crippen molar-refractivity contribution < 1.29 is 9.18 Å². The van der Waals surface area contributed by atoms with Crippen molar-refractivity contribution in [3.8, 4) is 11.3 Å². The first kappa shape index (κ1) is 19.9. The van der Waals surface area contributed by atoms with Crippen molar-refractivity contribution in [2.45, 2.75) is 0 Å². The SMILES string of the molecule is O=C(Nc1ccccc1F)N1CCN(c2ccc(-c3ccc4ccccc4c3)nn2)CC1. The minimum Gasteiger partial charge on any atom is -0.352 e. The van der Waals surface area contributed by atoms with E-state index in [9.17, 15) is 9.18 Å². The highest BCUT2D eigenvalue weighted by atomic mass is 19.1. The number of urea groups is 1. The molecule has 0 radical (unpaired) electrons. The number of rotatable bonds is 3. The smallest absolute Gasteiger partial charge is 0.322 e. The monoisotopic (exact) mass is 427 g/mol. The number of benzene rings is 3. The predicted molar refractivity (Wildman–Crippen MR) is 124 cm³/mol. The number of piperazine rings is 1. The number of anilines is 2. The van der Waals surface area contributed by atoms with Crippen LogP contribution in [0.2, 0.25) is 0 Å². The van der Waals surface area contributed by atoms with Gasteiger partial charge in [-0.05, 0) is 41.1 Å². The van der Waals surface area contributed by atoms with E-state index in [4.69, 9.17) is 0 Å². The van der Waals surface area contributed by atoms with Crippen molar-refractivity contribution in [1.82, 2.24) is 15.1 Å². The molecule has 0 spiro atoms. The number of fused-ring (bicyclic) bond motifs is 1. The summed E-state index contributed by atoms with van der Waals surface area (Å²) in [4.78, 5) is 16.2. The van der Waals surface area contributed by atoms with E-state index in [1.165, 1.54) is 16.8 Å². The minimum absolute atomic E-state index is 0.190. The molecule has 1 aliphatic rings. The Bertz CT molecular complexity index is 1250. The molecule has 0 bridgehead atoms. The molecule has 1 N–H and O–H groups in total. The number of carbonyl (C=O) groups is 1. The molecule has 32 heavy (non-hydrogen) atoms. The Morgan fingerprint density at radius 1 is 0.812 bits per heavy atom. The van der Waals surface area contributed by atoms with E-state index in [0.717, 1.165) is 17.1 Å². The van der Waals surface area contributed by atoms with Crippen molar-refractivity contribution in [2.75, 3.05) is 36.4 Å². The normalized spacial score (nSPS) is 13.9. The zero-order valence-electron chi connectivity index (χ0n) is 17.4. The van der Waals surface area contributed by atoms with Crippen LogP contribution in [0.1, 0.15) is 0 Å². The summed E-state index contributed by atoms with van der Waals surface area (Å²) in [7, 11) is 0. The molecule has 3 aromatic carbocycles. The van der Waals surface area contributed by atoms with Gasteiger partial charge in [-0.2, -0.15) is 0 Å². The number of nitrogens with one attached hydrogen (secondary N) is 1. The number of hydrogen-bond acceptors (Lipinski definition) is 4. The summed E-state index contributed by atoms with van der Waals surface area (Å²) in [6.45, 7) is 2.31. The van der Waals surface area contributed by atoms with E-state index in [-0.39, 0.29) is 11.7 Å². The van der Waals surface area contributed by atoms with Crippen molar-refractivity contribution >= 4 is 28.3 Å². The summed E-state index contributed by atoms with van der Waals surface area (Å²) in [6.07, 6.45) is 0. The number of amides is 2. The number of para-hydroxylation sites is 1. The van der Waals surface area contributed by atoms with Crippen molar-refractivity contribution in [1.29, 1.82) is 0 Å². The van der Waals surface area contributed by atoms with Crippen LogP contribution in [-0.4, -0.2) is 47.3 Å². The third-order valence-corrected chi connectivity index (χ3v) is 5.70. The first-order chi connectivity index (χ1) is 15.7. The van der Waals surface area contributed by atoms with Gasteiger partial charge in [-0.15, -0.1) is 10.2 Å². The molecule has 0 aliphatic carbocycles. The minimum atomic E-state index is -0.443. The zero-order chi connectivity index (χ0) is 21.9. The molecule has 1 fully saturated rings. The maximum Gasteiger partial charge on any atom is 0.322 e. The largest absolute Gasteiger partial charge is 0.352 e. The highest BCUT2D eigenvalue weighted by Crippen LogP contribution is 2.24. The van der Waals surface area contributed by atoms with Gasteiger partial charge in [-0.3, -0.25) is 0 Å². The zero-order valence-corrected chi connectivity index (χ0v) is 17.4. The van der Waals surface area contributed by atoms with E-state index >= 15 is 0 Å². The van der Waals surface area contributed by atoms with Crippen LogP contribution in [0.5, 0.6) is 0 Å². The first-order valence-electron chi connectivity index (χ1n) is 10.6. The molecular formula is C25H22FN5O. The van der Waals surface area contributed by atoms with Crippen LogP contribution in [-0.2, 0) is 0 Å². The standard InChI is InChI=1S/C25H22FN5O/c26-21-7-3-4-8-23(21)27-25(32)31-15-13-30(14-16-31)24-12-11-22(28-29-24)20-10-9-18-5-1-2-6-19(18)17-20/h1-12,17H,13-16H2,(H,27,32). The van der Waals surface area contributed by atoms with Gasteiger partial charge in [0.2, 0.25) is 0 Å². The molecule has 6 nitrogen and oxygen atoms in total. The number of nitrogens with zero attached hydrogens (tertiary/aromatic N) is 4. The van der Waals surface area contributed by atoms with Crippen LogP contribution >= 0.6 is 0 Å². The molecule has 1 saturated heterocycles. The van der Waals surface area contributed by atoms with Crippen LogP contribution < -0.4 is 10.2 Å². The summed E-state index contributed by atoms with van der Waals surface area (Å²) >= 11 is 0. The van der Waals surface area contributed by atoms with Crippen molar-refractivity contribution in [2.24, 2.45) is 0 Å². The van der Waals surface area contributed by atoms with E-state index in [1.807, 2.05) is 24.3 Å². The van der Waals surface area contributed by atoms with Gasteiger partial charge in [0.05, 0.1) is 11.4 Å². The second-order valence-electron chi connectivity index (χ2n) is 7.72. The number of carbonyl (C=O) groups excluding carboxylic acids is 1. The maximum atomic E-state index is 13.8. The van der Waals surface area contributed by atoms with Gasteiger partial charge in [0.25, 0.3) is 0 Å². The first-order valence-corrected chi connectivity index (χ1v) is 10.6. The molecule has 2 heterocycles. The highest BCUT2D eigenvalue weighted by molar-refractivity contribution is 5.89. The van der Waals surface area contributed by atoms with Crippen molar-refractivity contribution in [3.63, 3.8) is 0 Å². The Hall–Kier alpha value is -4.00. The quantitative estimate of drug-likeness (QED) is 0.511. The lowest BCUT2D eigenvalue weighted by Gasteiger charge is -2.35. The highest BCUT2D eigenvalue weighted by Gasteiger charge is 2.22. The van der Waals surface area contributed by atoms with Crippen molar-refractivity contribution in [3.05, 3.63) is 84.7 Å². The summed E-state index contributed by atoms with van der Waals surface area (Å²) < 4.78 is 13.8. The van der Waals surface area contributed by atoms with Gasteiger partial charge in [0.1, 0.15) is 5.82 Å². The Morgan fingerprint density at radius 3 is 2.31 bits per heavy atom. The lowest BCUT2D eigenvalue weighted by molar-refractivity contribution is 0.208. The molecule has 5 rings (SSSR count). The van der Waals surface area contributed by atoms with Gasteiger partial charge in [-0.25, -0.2) is 9.18 Å². The summed E-state index contributed by atoms with van der Waals surface area (Å²) in [6, 6.07) is 24.3. The van der Waals surface area contributed by atoms with Crippen LogP contribution in [0, 0.1) is 5.82 Å². The third kappa shape index (κ3) is 4.09.